The van der Waals surface area contributed by atoms with Crippen LogP contribution >= 0.6 is 0 Å². The lowest BCUT2D eigenvalue weighted by Crippen LogP contribution is -2.45. The molecule has 0 heterocycles. The molecule has 2 rings (SSSR count). The number of benzene rings is 2. The number of sulfonamides is 2. The zero-order chi connectivity index (χ0) is 20.8. The van der Waals surface area contributed by atoms with Crippen LogP contribution in [0.1, 0.15) is 19.4 Å². The topological polar surface area (TPSA) is 110 Å². The van der Waals surface area contributed by atoms with Gasteiger partial charge in [-0.3, -0.25) is 4.90 Å². The highest BCUT2D eigenvalue weighted by atomic mass is 32.2. The molecular weight excluding hydrogens is 398 g/mol. The summed E-state index contributed by atoms with van der Waals surface area (Å²) in [5.74, 6) is 0. The van der Waals surface area contributed by atoms with E-state index in [1.54, 1.807) is 0 Å². The van der Waals surface area contributed by atoms with Gasteiger partial charge in [-0.05, 0) is 43.3 Å². The van der Waals surface area contributed by atoms with Crippen molar-refractivity contribution in [2.24, 2.45) is 5.14 Å². The van der Waals surface area contributed by atoms with Gasteiger partial charge in [0.15, 0.2) is 0 Å². The number of rotatable bonds is 10. The quantitative estimate of drug-likeness (QED) is 0.600. The van der Waals surface area contributed by atoms with Crippen LogP contribution in [0, 0.1) is 0 Å². The van der Waals surface area contributed by atoms with Crippen molar-refractivity contribution in [3.63, 3.8) is 0 Å². The Hall–Kier alpha value is -1.78. The maximum absolute atomic E-state index is 12.7. The Bertz CT molecular complexity index is 973. The van der Waals surface area contributed by atoms with Crippen molar-refractivity contribution >= 4 is 20.0 Å². The molecule has 0 aliphatic heterocycles. The fourth-order valence-corrected chi connectivity index (χ4v) is 4.82. The van der Waals surface area contributed by atoms with Gasteiger partial charge in [0.1, 0.15) is 0 Å². The Morgan fingerprint density at radius 3 is 2.11 bits per heavy atom. The van der Waals surface area contributed by atoms with Crippen LogP contribution in [0.2, 0.25) is 0 Å². The van der Waals surface area contributed by atoms with Gasteiger partial charge >= 0.3 is 0 Å². The smallest absolute Gasteiger partial charge is 0.240 e. The van der Waals surface area contributed by atoms with Crippen molar-refractivity contribution in [3.05, 3.63) is 60.2 Å². The van der Waals surface area contributed by atoms with Crippen molar-refractivity contribution in [1.29, 1.82) is 0 Å². The first-order valence-electron chi connectivity index (χ1n) is 9.08. The molecule has 0 aliphatic rings. The summed E-state index contributed by atoms with van der Waals surface area (Å²) in [6.45, 7) is 5.85. The van der Waals surface area contributed by atoms with Gasteiger partial charge in [-0.25, -0.2) is 26.7 Å². The normalized spacial score (nSPS) is 13.6. The van der Waals surface area contributed by atoms with Gasteiger partial charge < -0.3 is 0 Å². The fraction of sp³-hybridized carbons (Fsp3) is 0.368. The van der Waals surface area contributed by atoms with E-state index in [0.29, 0.717) is 6.42 Å². The maximum atomic E-state index is 12.7. The predicted molar refractivity (Wildman–Crippen MR) is 110 cm³/mol. The van der Waals surface area contributed by atoms with E-state index in [1.807, 2.05) is 44.2 Å². The van der Waals surface area contributed by atoms with Gasteiger partial charge in [-0.2, -0.15) is 0 Å². The van der Waals surface area contributed by atoms with Crippen molar-refractivity contribution in [2.75, 3.05) is 19.6 Å². The second kappa shape index (κ2) is 9.62. The summed E-state index contributed by atoms with van der Waals surface area (Å²) in [5, 5.41) is 5.10. The van der Waals surface area contributed by atoms with E-state index >= 15 is 0 Å². The molecule has 3 N–H and O–H groups in total. The Morgan fingerprint density at radius 2 is 1.54 bits per heavy atom. The standard InChI is InChI=1S/C19H27N3O4S2/c1-3-22(4-2)17(13-16-9-6-5-7-10-16)15-21-28(25,26)19-12-8-11-18(14-19)27(20,23)24/h5-12,14,17,21H,3-4,13,15H2,1-2H3,(H2,20,23,24). The molecule has 1 atom stereocenters. The highest BCUT2D eigenvalue weighted by molar-refractivity contribution is 7.90. The Morgan fingerprint density at radius 1 is 0.929 bits per heavy atom. The van der Waals surface area contributed by atoms with Crippen LogP contribution in [0.3, 0.4) is 0 Å². The molecule has 0 fully saturated rings. The number of primary sulfonamides is 1. The lowest BCUT2D eigenvalue weighted by atomic mass is 10.0. The van der Waals surface area contributed by atoms with Crippen molar-refractivity contribution in [3.8, 4) is 0 Å². The van der Waals surface area contributed by atoms with E-state index in [-0.39, 0.29) is 22.4 Å². The molecule has 0 saturated carbocycles. The van der Waals surface area contributed by atoms with Gasteiger partial charge in [0.25, 0.3) is 0 Å². The Balaban J connectivity index is 2.21. The molecule has 0 bridgehead atoms. The number of hydrogen-bond acceptors (Lipinski definition) is 5. The molecule has 28 heavy (non-hydrogen) atoms. The molecule has 154 valence electrons. The van der Waals surface area contributed by atoms with E-state index in [4.69, 9.17) is 5.14 Å². The first-order chi connectivity index (χ1) is 13.2. The second-order valence-electron chi connectivity index (χ2n) is 6.44. The lowest BCUT2D eigenvalue weighted by molar-refractivity contribution is 0.216. The highest BCUT2D eigenvalue weighted by Gasteiger charge is 2.22. The van der Waals surface area contributed by atoms with Gasteiger partial charge in [0.05, 0.1) is 9.79 Å². The largest absolute Gasteiger partial charge is 0.299 e. The number of nitrogens with zero attached hydrogens (tertiary/aromatic N) is 1. The summed E-state index contributed by atoms with van der Waals surface area (Å²) >= 11 is 0. The second-order valence-corrected chi connectivity index (χ2v) is 9.76. The summed E-state index contributed by atoms with van der Waals surface area (Å²) in [4.78, 5) is 1.83. The number of hydrogen-bond donors (Lipinski definition) is 2. The summed E-state index contributed by atoms with van der Waals surface area (Å²) in [6, 6.07) is 14.9. The third-order valence-corrected chi connectivity index (χ3v) is 6.93. The average Bonchev–Trinajstić information content (AvgIpc) is 2.67. The molecule has 9 heteroatoms. The lowest BCUT2D eigenvalue weighted by Gasteiger charge is -2.30. The van der Waals surface area contributed by atoms with Gasteiger partial charge in [0, 0.05) is 12.6 Å². The minimum atomic E-state index is -3.98. The average molecular weight is 426 g/mol. The van der Waals surface area contributed by atoms with Crippen LogP contribution in [0.4, 0.5) is 0 Å². The molecule has 0 spiro atoms. The van der Waals surface area contributed by atoms with E-state index in [1.165, 1.54) is 18.2 Å². The fourth-order valence-electron chi connectivity index (χ4n) is 3.06. The zero-order valence-corrected chi connectivity index (χ0v) is 17.7. The summed E-state index contributed by atoms with van der Waals surface area (Å²) in [7, 11) is -7.86. The van der Waals surface area contributed by atoms with Crippen LogP contribution in [-0.2, 0) is 26.5 Å². The molecule has 0 aliphatic carbocycles. The SMILES string of the molecule is CCN(CC)C(CNS(=O)(=O)c1cccc(S(N)(=O)=O)c1)Cc1ccccc1. The summed E-state index contributed by atoms with van der Waals surface area (Å²) in [6.07, 6.45) is 0.697. The summed E-state index contributed by atoms with van der Waals surface area (Å²) < 4.78 is 51.0. The van der Waals surface area contributed by atoms with Crippen LogP contribution in [0.5, 0.6) is 0 Å². The van der Waals surface area contributed by atoms with Crippen molar-refractivity contribution in [1.82, 2.24) is 9.62 Å². The van der Waals surface area contributed by atoms with E-state index in [0.717, 1.165) is 24.7 Å². The molecule has 7 nitrogen and oxygen atoms in total. The number of nitrogens with one attached hydrogen (secondary N) is 1. The monoisotopic (exact) mass is 425 g/mol. The molecule has 2 aromatic carbocycles. The minimum absolute atomic E-state index is 0.0337. The van der Waals surface area contributed by atoms with E-state index in [9.17, 15) is 16.8 Å². The van der Waals surface area contributed by atoms with Gasteiger partial charge in [-0.1, -0.05) is 50.2 Å². The van der Waals surface area contributed by atoms with E-state index in [2.05, 4.69) is 9.62 Å². The van der Waals surface area contributed by atoms with Crippen molar-refractivity contribution < 1.29 is 16.8 Å². The number of likely N-dealkylation sites (N-methyl/N-ethyl adjacent to an activating group) is 1. The Labute approximate surface area is 167 Å². The van der Waals surface area contributed by atoms with Crippen LogP contribution in [-0.4, -0.2) is 47.4 Å². The molecular formula is C19H27N3O4S2. The third kappa shape index (κ3) is 6.11. The first-order valence-corrected chi connectivity index (χ1v) is 12.1. The third-order valence-electron chi connectivity index (χ3n) is 4.60. The Kier molecular flexibility index (Phi) is 7.73. The van der Waals surface area contributed by atoms with Gasteiger partial charge in [0.2, 0.25) is 20.0 Å². The molecule has 0 radical (unpaired) electrons. The maximum Gasteiger partial charge on any atom is 0.240 e. The van der Waals surface area contributed by atoms with Crippen LogP contribution in [0.25, 0.3) is 0 Å². The molecule has 0 amide bonds. The minimum Gasteiger partial charge on any atom is -0.299 e. The molecule has 0 saturated heterocycles. The predicted octanol–water partition coefficient (Wildman–Crippen LogP) is 1.57. The van der Waals surface area contributed by atoms with Crippen molar-refractivity contribution in [2.45, 2.75) is 36.1 Å². The first kappa shape index (κ1) is 22.5. The zero-order valence-electron chi connectivity index (χ0n) is 16.1. The van der Waals surface area contributed by atoms with E-state index < -0.39 is 20.0 Å². The van der Waals surface area contributed by atoms with Gasteiger partial charge in [-0.15, -0.1) is 0 Å². The number of nitrogens with two attached hydrogens (primary N) is 1. The molecule has 1 unspecified atom stereocenters. The highest BCUT2D eigenvalue weighted by Crippen LogP contribution is 2.15. The molecule has 2 aromatic rings. The van der Waals surface area contributed by atoms with Crippen LogP contribution in [0.15, 0.2) is 64.4 Å². The van der Waals surface area contributed by atoms with Crippen LogP contribution < -0.4 is 9.86 Å². The molecule has 0 aromatic heterocycles. The summed E-state index contributed by atoms with van der Waals surface area (Å²) in [5.41, 5.74) is 1.12.